The van der Waals surface area contributed by atoms with Gasteiger partial charge in [-0.1, -0.05) is 68.9 Å². The molecule has 7 heteroatoms. The zero-order valence-electron chi connectivity index (χ0n) is 17.1. The van der Waals surface area contributed by atoms with E-state index in [9.17, 15) is 15.3 Å². The molecule has 0 spiro atoms. The van der Waals surface area contributed by atoms with Gasteiger partial charge in [0.1, 0.15) is 23.0 Å². The summed E-state index contributed by atoms with van der Waals surface area (Å²) in [5.74, 6) is 0.0636. The number of hydrogen-bond donors (Lipinski definition) is 1. The third-order valence-electron chi connectivity index (χ3n) is 3.27. The molecule has 1 aromatic carbocycles. The molecule has 1 aromatic heterocycles. The van der Waals surface area contributed by atoms with Crippen LogP contribution in [0.15, 0.2) is 41.4 Å². The Morgan fingerprint density at radius 3 is 1.86 bits per heavy atom. The van der Waals surface area contributed by atoms with E-state index in [1.807, 2.05) is 57.2 Å². The van der Waals surface area contributed by atoms with Crippen molar-refractivity contribution in [3.63, 3.8) is 0 Å². The van der Waals surface area contributed by atoms with Crippen LogP contribution in [-0.4, -0.2) is 30.7 Å². The van der Waals surface area contributed by atoms with E-state index in [0.717, 1.165) is 11.8 Å². The molecule has 1 heterocycles. The Bertz CT molecular complexity index is 797. The Morgan fingerprint density at radius 2 is 1.54 bits per heavy atom. The van der Waals surface area contributed by atoms with E-state index >= 15 is 0 Å². The third kappa shape index (κ3) is 7.69. The van der Waals surface area contributed by atoms with Crippen molar-refractivity contribution in [3.05, 3.63) is 53.1 Å². The van der Waals surface area contributed by atoms with E-state index < -0.39 is 5.91 Å². The number of primary amides is 1. The Labute approximate surface area is 172 Å². The first-order valence-electron chi connectivity index (χ1n) is 8.91. The zero-order chi connectivity index (χ0) is 21.5. The number of carbonyl (C=O) groups excluding carboxylic acids is 1. The van der Waals surface area contributed by atoms with E-state index in [1.54, 1.807) is 19.0 Å². The van der Waals surface area contributed by atoms with Gasteiger partial charge in [0, 0.05) is 14.1 Å². The molecular formula is C21H27N5OS. The van der Waals surface area contributed by atoms with Gasteiger partial charge in [-0.15, -0.1) is 0 Å². The summed E-state index contributed by atoms with van der Waals surface area (Å²) in [5, 5.41) is 19.0. The highest BCUT2D eigenvalue weighted by atomic mass is 32.2. The summed E-state index contributed by atoms with van der Waals surface area (Å²) in [7, 11) is 3.55. The molecule has 28 heavy (non-hydrogen) atoms. The number of amides is 1. The number of pyridine rings is 1. The van der Waals surface area contributed by atoms with Crippen LogP contribution in [0.4, 0.5) is 5.82 Å². The highest BCUT2D eigenvalue weighted by Crippen LogP contribution is 2.30. The number of aromatic nitrogens is 1. The summed E-state index contributed by atoms with van der Waals surface area (Å²) in [4.78, 5) is 16.9. The van der Waals surface area contributed by atoms with Gasteiger partial charge in [0.15, 0.2) is 0 Å². The Hall–Kier alpha value is -3.03. The predicted molar refractivity (Wildman–Crippen MR) is 115 cm³/mol. The van der Waals surface area contributed by atoms with Crippen LogP contribution in [0.3, 0.4) is 0 Å². The summed E-state index contributed by atoms with van der Waals surface area (Å²) in [6.45, 7) is 5.87. The molecule has 148 valence electrons. The molecule has 0 aliphatic heterocycles. The third-order valence-corrected chi connectivity index (χ3v) is 4.26. The monoisotopic (exact) mass is 397 g/mol. The van der Waals surface area contributed by atoms with Crippen LogP contribution in [0, 0.1) is 22.7 Å². The molecule has 0 saturated heterocycles. The number of thioether (sulfide) groups is 1. The van der Waals surface area contributed by atoms with Gasteiger partial charge >= 0.3 is 0 Å². The van der Waals surface area contributed by atoms with Crippen molar-refractivity contribution in [2.75, 3.05) is 24.7 Å². The number of carbonyl (C=O) groups is 1. The van der Waals surface area contributed by atoms with Gasteiger partial charge in [-0.3, -0.25) is 4.79 Å². The fourth-order valence-electron chi connectivity index (χ4n) is 2.14. The van der Waals surface area contributed by atoms with E-state index in [4.69, 9.17) is 5.73 Å². The molecule has 0 radical (unpaired) electrons. The van der Waals surface area contributed by atoms with Gasteiger partial charge in [-0.2, -0.15) is 10.5 Å². The lowest BCUT2D eigenvalue weighted by atomic mass is 10.0. The highest BCUT2D eigenvalue weighted by molar-refractivity contribution is 8.00. The number of benzene rings is 1. The van der Waals surface area contributed by atoms with Crippen LogP contribution in [0.2, 0.25) is 0 Å². The Kier molecular flexibility index (Phi) is 12.6. The summed E-state index contributed by atoms with van der Waals surface area (Å²) < 4.78 is 0. The Morgan fingerprint density at radius 1 is 1.07 bits per heavy atom. The smallest absolute Gasteiger partial charge is 0.227 e. The van der Waals surface area contributed by atoms with E-state index in [-0.39, 0.29) is 5.75 Å². The first-order chi connectivity index (χ1) is 13.5. The summed E-state index contributed by atoms with van der Waals surface area (Å²) >= 11 is 1.12. The van der Waals surface area contributed by atoms with Crippen molar-refractivity contribution in [3.8, 4) is 12.1 Å². The molecule has 0 unspecified atom stereocenters. The second kappa shape index (κ2) is 14.1. The molecule has 1 amide bonds. The van der Waals surface area contributed by atoms with Crippen LogP contribution in [0.5, 0.6) is 0 Å². The largest absolute Gasteiger partial charge is 0.369 e. The lowest BCUT2D eigenvalue weighted by Crippen LogP contribution is -2.17. The molecule has 0 aliphatic rings. The minimum atomic E-state index is -0.477. The summed E-state index contributed by atoms with van der Waals surface area (Å²) in [6, 6.07) is 16.2. The molecule has 0 bridgehead atoms. The lowest BCUT2D eigenvalue weighted by Gasteiger charge is -2.18. The quantitative estimate of drug-likeness (QED) is 0.770. The second-order valence-electron chi connectivity index (χ2n) is 5.35. The summed E-state index contributed by atoms with van der Waals surface area (Å²) in [6.07, 6.45) is 0.541. The second-order valence-corrected chi connectivity index (χ2v) is 6.31. The molecular weight excluding hydrogens is 370 g/mol. The summed E-state index contributed by atoms with van der Waals surface area (Å²) in [5.41, 5.74) is 6.52. The molecule has 2 N–H and O–H groups in total. The molecule has 0 saturated carbocycles. The maximum Gasteiger partial charge on any atom is 0.227 e. The number of nitriles is 2. The molecule has 0 atom stereocenters. The lowest BCUT2D eigenvalue weighted by molar-refractivity contribution is -0.115. The van der Waals surface area contributed by atoms with Gasteiger partial charge in [-0.25, -0.2) is 4.98 Å². The van der Waals surface area contributed by atoms with Crippen molar-refractivity contribution in [1.29, 1.82) is 10.5 Å². The van der Waals surface area contributed by atoms with Gasteiger partial charge < -0.3 is 10.6 Å². The fraction of sp³-hybridized carbons (Fsp3) is 0.333. The zero-order valence-corrected chi connectivity index (χ0v) is 17.9. The van der Waals surface area contributed by atoms with Crippen LogP contribution >= 0.6 is 11.8 Å². The van der Waals surface area contributed by atoms with E-state index in [2.05, 4.69) is 17.1 Å². The maximum absolute atomic E-state index is 10.9. The van der Waals surface area contributed by atoms with Crippen molar-refractivity contribution in [2.45, 2.75) is 32.2 Å². The van der Waals surface area contributed by atoms with Crippen molar-refractivity contribution >= 4 is 23.5 Å². The van der Waals surface area contributed by atoms with Crippen molar-refractivity contribution in [2.24, 2.45) is 5.73 Å². The minimum absolute atomic E-state index is 0.0452. The minimum Gasteiger partial charge on any atom is -0.369 e. The molecule has 6 nitrogen and oxygen atoms in total. The van der Waals surface area contributed by atoms with Gasteiger partial charge in [-0.05, 0) is 12.0 Å². The standard InChI is InChI=1S/C13H15N5OS.C6H6.C2H6/c1-4-8-9(5-14)12(18(2)3)17-13(10(8)6-15)20-7-11(16)19;1-2-4-6-5-3-1;1-2/h4,7H2,1-3H3,(H2,16,19);1-6H;1-2H3. The first-order valence-corrected chi connectivity index (χ1v) is 9.90. The van der Waals surface area contributed by atoms with Gasteiger partial charge in [0.05, 0.1) is 16.9 Å². The number of hydrogen-bond acceptors (Lipinski definition) is 6. The maximum atomic E-state index is 10.9. The van der Waals surface area contributed by atoms with Crippen LogP contribution in [0.1, 0.15) is 37.5 Å². The molecule has 0 fully saturated rings. The number of nitrogens with two attached hydrogens (primary N) is 1. The van der Waals surface area contributed by atoms with Crippen molar-refractivity contribution < 1.29 is 4.79 Å². The van der Waals surface area contributed by atoms with E-state index in [0.29, 0.717) is 34.0 Å². The fourth-order valence-corrected chi connectivity index (χ4v) is 2.88. The van der Waals surface area contributed by atoms with Gasteiger partial charge in [0.25, 0.3) is 0 Å². The predicted octanol–water partition coefficient (Wildman–Crippen LogP) is 3.74. The van der Waals surface area contributed by atoms with Crippen LogP contribution in [0.25, 0.3) is 0 Å². The van der Waals surface area contributed by atoms with Gasteiger partial charge in [0.2, 0.25) is 5.91 Å². The number of nitrogens with zero attached hydrogens (tertiary/aromatic N) is 4. The average molecular weight is 398 g/mol. The van der Waals surface area contributed by atoms with Crippen molar-refractivity contribution in [1.82, 2.24) is 4.98 Å². The van der Waals surface area contributed by atoms with Crippen LogP contribution in [-0.2, 0) is 11.2 Å². The molecule has 2 rings (SSSR count). The normalized spacial score (nSPS) is 8.82. The topological polar surface area (TPSA) is 107 Å². The molecule has 2 aromatic rings. The average Bonchev–Trinajstić information content (AvgIpc) is 2.73. The Balaban J connectivity index is 0.000000759. The van der Waals surface area contributed by atoms with E-state index in [1.165, 1.54) is 0 Å². The number of anilines is 1. The highest BCUT2D eigenvalue weighted by Gasteiger charge is 2.20. The SMILES string of the molecule is CC.CCc1c(C#N)c(SCC(N)=O)nc(N(C)C)c1C#N.c1ccccc1. The number of rotatable bonds is 5. The van der Waals surface area contributed by atoms with Crippen LogP contribution < -0.4 is 10.6 Å². The first kappa shape index (κ1) is 25.0. The molecule has 0 aliphatic carbocycles.